The molecule has 1 atom stereocenters. The Morgan fingerprint density at radius 2 is 1.95 bits per heavy atom. The van der Waals surface area contributed by atoms with E-state index in [-0.39, 0.29) is 6.04 Å². The van der Waals surface area contributed by atoms with Gasteiger partial charge in [0.15, 0.2) is 0 Å². The lowest BCUT2D eigenvalue weighted by molar-refractivity contribution is 0.0421. The van der Waals surface area contributed by atoms with E-state index in [1.165, 1.54) is 31.2 Å². The SMILES string of the molecule is CCCNC(COC1CCCC1)c1ccccc1OCC. The van der Waals surface area contributed by atoms with Crippen LogP contribution in [0.5, 0.6) is 5.75 Å². The van der Waals surface area contributed by atoms with E-state index in [4.69, 9.17) is 9.47 Å². The zero-order chi connectivity index (χ0) is 14.9. The van der Waals surface area contributed by atoms with E-state index in [1.807, 2.05) is 13.0 Å². The summed E-state index contributed by atoms with van der Waals surface area (Å²) in [6.07, 6.45) is 6.63. The van der Waals surface area contributed by atoms with Crippen LogP contribution in [-0.4, -0.2) is 25.9 Å². The summed E-state index contributed by atoms with van der Waals surface area (Å²) in [5.41, 5.74) is 1.21. The molecule has 3 heteroatoms. The van der Waals surface area contributed by atoms with E-state index in [1.54, 1.807) is 0 Å². The van der Waals surface area contributed by atoms with Gasteiger partial charge in [0.2, 0.25) is 0 Å². The summed E-state index contributed by atoms with van der Waals surface area (Å²) in [4.78, 5) is 0. The Morgan fingerprint density at radius 1 is 1.19 bits per heavy atom. The van der Waals surface area contributed by atoms with E-state index in [2.05, 4.69) is 30.4 Å². The number of para-hydroxylation sites is 1. The maximum absolute atomic E-state index is 6.13. The summed E-state index contributed by atoms with van der Waals surface area (Å²) in [6, 6.07) is 8.52. The minimum absolute atomic E-state index is 0.216. The standard InChI is InChI=1S/C18H29NO2/c1-3-13-19-17(14-21-15-9-5-6-10-15)16-11-7-8-12-18(16)20-4-2/h7-8,11-12,15,17,19H,3-6,9-10,13-14H2,1-2H3. The van der Waals surface area contributed by atoms with Crippen LogP contribution in [0.3, 0.4) is 0 Å². The molecule has 1 aromatic rings. The van der Waals surface area contributed by atoms with Crippen molar-refractivity contribution >= 4 is 0 Å². The molecule has 0 bridgehead atoms. The zero-order valence-electron chi connectivity index (χ0n) is 13.4. The Bertz CT molecular complexity index is 402. The molecule has 2 rings (SSSR count). The topological polar surface area (TPSA) is 30.5 Å². The van der Waals surface area contributed by atoms with Gasteiger partial charge >= 0.3 is 0 Å². The third kappa shape index (κ3) is 5.01. The van der Waals surface area contributed by atoms with Crippen molar-refractivity contribution in [2.45, 2.75) is 58.1 Å². The fourth-order valence-electron chi connectivity index (χ4n) is 2.92. The second-order valence-electron chi connectivity index (χ2n) is 5.72. The maximum atomic E-state index is 6.13. The van der Waals surface area contributed by atoms with Crippen LogP contribution >= 0.6 is 0 Å². The quantitative estimate of drug-likeness (QED) is 0.743. The molecular formula is C18H29NO2. The second kappa shape index (κ2) is 9.06. The summed E-state index contributed by atoms with van der Waals surface area (Å²) >= 11 is 0. The predicted molar refractivity (Wildman–Crippen MR) is 86.9 cm³/mol. The average Bonchev–Trinajstić information content (AvgIpc) is 3.02. The lowest BCUT2D eigenvalue weighted by Gasteiger charge is -2.23. The Balaban J connectivity index is 2.02. The summed E-state index contributed by atoms with van der Waals surface area (Å²) in [5, 5.41) is 3.60. The van der Waals surface area contributed by atoms with Gasteiger partial charge < -0.3 is 14.8 Å². The van der Waals surface area contributed by atoms with Crippen LogP contribution in [0.25, 0.3) is 0 Å². The molecule has 21 heavy (non-hydrogen) atoms. The van der Waals surface area contributed by atoms with Crippen LogP contribution in [0.1, 0.15) is 57.6 Å². The maximum Gasteiger partial charge on any atom is 0.124 e. The third-order valence-electron chi connectivity index (χ3n) is 4.04. The Labute approximate surface area is 129 Å². The minimum Gasteiger partial charge on any atom is -0.494 e. The normalized spacial score (nSPS) is 17.0. The van der Waals surface area contributed by atoms with Crippen molar-refractivity contribution in [2.75, 3.05) is 19.8 Å². The molecule has 1 fully saturated rings. The molecule has 0 radical (unpaired) electrons. The first-order valence-corrected chi connectivity index (χ1v) is 8.41. The molecule has 0 spiro atoms. The van der Waals surface area contributed by atoms with E-state index in [9.17, 15) is 0 Å². The lowest BCUT2D eigenvalue weighted by atomic mass is 10.1. The number of nitrogens with one attached hydrogen (secondary N) is 1. The van der Waals surface area contributed by atoms with Crippen molar-refractivity contribution in [1.29, 1.82) is 0 Å². The molecule has 1 aliphatic rings. The lowest BCUT2D eigenvalue weighted by Crippen LogP contribution is -2.28. The summed E-state index contributed by atoms with van der Waals surface area (Å²) in [6.45, 7) is 6.64. The number of hydrogen-bond acceptors (Lipinski definition) is 3. The smallest absolute Gasteiger partial charge is 0.124 e. The fraction of sp³-hybridized carbons (Fsp3) is 0.667. The van der Waals surface area contributed by atoms with Crippen LogP contribution in [0.2, 0.25) is 0 Å². The Hall–Kier alpha value is -1.06. The molecule has 1 aliphatic carbocycles. The van der Waals surface area contributed by atoms with Gasteiger partial charge in [0.25, 0.3) is 0 Å². The van der Waals surface area contributed by atoms with Gasteiger partial charge in [-0.25, -0.2) is 0 Å². The highest BCUT2D eigenvalue weighted by Gasteiger charge is 2.20. The van der Waals surface area contributed by atoms with E-state index >= 15 is 0 Å². The van der Waals surface area contributed by atoms with Crippen LogP contribution in [0.15, 0.2) is 24.3 Å². The van der Waals surface area contributed by atoms with Crippen molar-refractivity contribution in [3.8, 4) is 5.75 Å². The van der Waals surface area contributed by atoms with Crippen molar-refractivity contribution in [1.82, 2.24) is 5.32 Å². The number of benzene rings is 1. The van der Waals surface area contributed by atoms with Crippen molar-refractivity contribution < 1.29 is 9.47 Å². The summed E-state index contributed by atoms with van der Waals surface area (Å²) in [5.74, 6) is 0.976. The molecule has 1 saturated carbocycles. The third-order valence-corrected chi connectivity index (χ3v) is 4.04. The van der Waals surface area contributed by atoms with Gasteiger partial charge in [-0.05, 0) is 38.8 Å². The molecule has 0 saturated heterocycles. The van der Waals surface area contributed by atoms with E-state index in [0.29, 0.717) is 12.7 Å². The second-order valence-corrected chi connectivity index (χ2v) is 5.72. The molecule has 118 valence electrons. The van der Waals surface area contributed by atoms with Crippen LogP contribution in [0, 0.1) is 0 Å². The van der Waals surface area contributed by atoms with Crippen LogP contribution in [-0.2, 0) is 4.74 Å². The van der Waals surface area contributed by atoms with Gasteiger partial charge in [-0.2, -0.15) is 0 Å². The zero-order valence-corrected chi connectivity index (χ0v) is 13.4. The number of ether oxygens (including phenoxy) is 2. The highest BCUT2D eigenvalue weighted by atomic mass is 16.5. The molecule has 0 amide bonds. The summed E-state index contributed by atoms with van der Waals surface area (Å²) < 4.78 is 11.9. The predicted octanol–water partition coefficient (Wildman–Crippen LogP) is 4.09. The molecule has 0 aromatic heterocycles. The highest BCUT2D eigenvalue weighted by molar-refractivity contribution is 5.36. The molecule has 3 nitrogen and oxygen atoms in total. The number of hydrogen-bond donors (Lipinski definition) is 1. The van der Waals surface area contributed by atoms with E-state index in [0.717, 1.165) is 25.3 Å². The van der Waals surface area contributed by atoms with Gasteiger partial charge in [-0.15, -0.1) is 0 Å². The van der Waals surface area contributed by atoms with Crippen LogP contribution < -0.4 is 10.1 Å². The van der Waals surface area contributed by atoms with Crippen molar-refractivity contribution in [2.24, 2.45) is 0 Å². The summed E-state index contributed by atoms with van der Waals surface area (Å²) in [7, 11) is 0. The largest absolute Gasteiger partial charge is 0.494 e. The Kier molecular flexibility index (Phi) is 7.04. The van der Waals surface area contributed by atoms with Gasteiger partial charge in [0, 0.05) is 5.56 Å². The monoisotopic (exact) mass is 291 g/mol. The number of rotatable bonds is 9. The van der Waals surface area contributed by atoms with Crippen molar-refractivity contribution in [3.63, 3.8) is 0 Å². The molecule has 0 aliphatic heterocycles. The molecule has 1 aromatic carbocycles. The Morgan fingerprint density at radius 3 is 2.67 bits per heavy atom. The minimum atomic E-state index is 0.216. The molecule has 0 heterocycles. The fourth-order valence-corrected chi connectivity index (χ4v) is 2.92. The first-order chi connectivity index (χ1) is 10.3. The first-order valence-electron chi connectivity index (χ1n) is 8.41. The van der Waals surface area contributed by atoms with E-state index < -0.39 is 0 Å². The van der Waals surface area contributed by atoms with Crippen LogP contribution in [0.4, 0.5) is 0 Å². The molecule has 1 unspecified atom stereocenters. The van der Waals surface area contributed by atoms with Gasteiger partial charge in [0.05, 0.1) is 25.4 Å². The van der Waals surface area contributed by atoms with Crippen molar-refractivity contribution in [3.05, 3.63) is 29.8 Å². The highest BCUT2D eigenvalue weighted by Crippen LogP contribution is 2.27. The average molecular weight is 291 g/mol. The first kappa shape index (κ1) is 16.3. The van der Waals surface area contributed by atoms with Gasteiger partial charge in [0.1, 0.15) is 5.75 Å². The molecule has 1 N–H and O–H groups in total. The molecular weight excluding hydrogens is 262 g/mol. The van der Waals surface area contributed by atoms with Gasteiger partial charge in [-0.1, -0.05) is 38.0 Å². The van der Waals surface area contributed by atoms with Gasteiger partial charge in [-0.3, -0.25) is 0 Å².